The van der Waals surface area contributed by atoms with Crippen LogP contribution in [0.5, 0.6) is 0 Å². The van der Waals surface area contributed by atoms with Crippen LogP contribution in [0, 0.1) is 13.8 Å². The van der Waals surface area contributed by atoms with E-state index in [1.54, 1.807) is 0 Å². The molecule has 0 saturated carbocycles. The third-order valence-electron chi connectivity index (χ3n) is 4.75. The molecule has 2 aliphatic rings. The van der Waals surface area contributed by atoms with Crippen LogP contribution in [0.3, 0.4) is 0 Å². The number of aryl methyl sites for hydroxylation is 2. The van der Waals surface area contributed by atoms with Crippen LogP contribution in [0.15, 0.2) is 18.2 Å². The van der Waals surface area contributed by atoms with E-state index in [9.17, 15) is 0 Å². The van der Waals surface area contributed by atoms with Gasteiger partial charge in [0.1, 0.15) is 0 Å². The molecular formula is C17H26N2. The lowest BCUT2D eigenvalue weighted by Gasteiger charge is -2.36. The number of nitrogens with zero attached hydrogens (tertiary/aromatic N) is 2. The monoisotopic (exact) mass is 258 g/mol. The Labute approximate surface area is 117 Å². The van der Waals surface area contributed by atoms with Crippen molar-refractivity contribution in [2.24, 2.45) is 0 Å². The zero-order valence-corrected chi connectivity index (χ0v) is 12.4. The van der Waals surface area contributed by atoms with Crippen LogP contribution in [0.2, 0.25) is 0 Å². The van der Waals surface area contributed by atoms with Crippen LogP contribution < -0.4 is 4.90 Å². The van der Waals surface area contributed by atoms with Crippen molar-refractivity contribution in [3.8, 4) is 0 Å². The highest BCUT2D eigenvalue weighted by atomic mass is 15.2. The summed E-state index contributed by atoms with van der Waals surface area (Å²) in [5.41, 5.74) is 4.26. The van der Waals surface area contributed by atoms with Gasteiger partial charge in [-0.1, -0.05) is 24.1 Å². The lowest BCUT2D eigenvalue weighted by Crippen LogP contribution is -2.44. The zero-order valence-electron chi connectivity index (χ0n) is 12.4. The van der Waals surface area contributed by atoms with E-state index in [-0.39, 0.29) is 0 Å². The van der Waals surface area contributed by atoms with Crippen molar-refractivity contribution in [2.75, 3.05) is 31.1 Å². The lowest BCUT2D eigenvalue weighted by molar-refractivity contribution is 0.162. The summed E-state index contributed by atoms with van der Waals surface area (Å²) in [6.07, 6.45) is 5.52. The average Bonchev–Trinajstić information content (AvgIpc) is 2.60. The zero-order chi connectivity index (χ0) is 13.2. The molecule has 0 radical (unpaired) electrons. The van der Waals surface area contributed by atoms with E-state index in [0.29, 0.717) is 0 Å². The Morgan fingerprint density at radius 2 is 1.84 bits per heavy atom. The molecule has 0 amide bonds. The molecule has 0 aromatic heterocycles. The van der Waals surface area contributed by atoms with E-state index in [4.69, 9.17) is 0 Å². The molecule has 2 heterocycles. The minimum atomic E-state index is 0.789. The fourth-order valence-electron chi connectivity index (χ4n) is 3.75. The molecule has 0 aliphatic carbocycles. The number of anilines is 1. The van der Waals surface area contributed by atoms with E-state index in [1.807, 2.05) is 0 Å². The maximum absolute atomic E-state index is 2.73. The normalized spacial score (nSPS) is 24.9. The van der Waals surface area contributed by atoms with Crippen LogP contribution in [0.1, 0.15) is 36.8 Å². The number of hydrogen-bond acceptors (Lipinski definition) is 2. The molecule has 0 bridgehead atoms. The molecule has 2 heteroatoms. The molecule has 2 fully saturated rings. The van der Waals surface area contributed by atoms with Crippen molar-refractivity contribution in [1.29, 1.82) is 0 Å². The molecule has 2 aliphatic heterocycles. The molecular weight excluding hydrogens is 232 g/mol. The Kier molecular flexibility index (Phi) is 3.79. The second kappa shape index (κ2) is 5.54. The van der Waals surface area contributed by atoms with Gasteiger partial charge in [0.25, 0.3) is 0 Å². The molecule has 2 saturated heterocycles. The smallest absolute Gasteiger partial charge is 0.0396 e. The van der Waals surface area contributed by atoms with E-state index >= 15 is 0 Å². The van der Waals surface area contributed by atoms with Crippen molar-refractivity contribution in [2.45, 2.75) is 45.6 Å². The van der Waals surface area contributed by atoms with E-state index in [0.717, 1.165) is 6.04 Å². The summed E-state index contributed by atoms with van der Waals surface area (Å²) in [6, 6.07) is 7.69. The van der Waals surface area contributed by atoms with Crippen LogP contribution in [0.25, 0.3) is 0 Å². The van der Waals surface area contributed by atoms with Gasteiger partial charge in [-0.15, -0.1) is 0 Å². The minimum absolute atomic E-state index is 0.789. The van der Waals surface area contributed by atoms with Gasteiger partial charge < -0.3 is 4.90 Å². The number of benzene rings is 1. The van der Waals surface area contributed by atoms with E-state index in [2.05, 4.69) is 41.8 Å². The number of fused-ring (bicyclic) bond motifs is 1. The van der Waals surface area contributed by atoms with Crippen LogP contribution in [-0.2, 0) is 0 Å². The standard InChI is InChI=1S/C17H26N2/c1-14-7-8-17(15(2)12-14)19-11-5-10-18-9-4-3-6-16(18)13-19/h7-8,12,16H,3-6,9-11,13H2,1-2H3. The van der Waals surface area contributed by atoms with Gasteiger partial charge >= 0.3 is 0 Å². The second-order valence-corrected chi connectivity index (χ2v) is 6.28. The topological polar surface area (TPSA) is 6.48 Å². The summed E-state index contributed by atoms with van der Waals surface area (Å²) in [5.74, 6) is 0. The van der Waals surface area contributed by atoms with Crippen molar-refractivity contribution in [3.05, 3.63) is 29.3 Å². The van der Waals surface area contributed by atoms with Gasteiger partial charge in [-0.2, -0.15) is 0 Å². The molecule has 3 rings (SSSR count). The largest absolute Gasteiger partial charge is 0.370 e. The summed E-state index contributed by atoms with van der Waals surface area (Å²) in [4.78, 5) is 5.36. The third-order valence-corrected chi connectivity index (χ3v) is 4.75. The predicted octanol–water partition coefficient (Wildman–Crippen LogP) is 3.37. The molecule has 1 atom stereocenters. The van der Waals surface area contributed by atoms with E-state index in [1.165, 1.54) is 68.7 Å². The molecule has 104 valence electrons. The summed E-state index contributed by atoms with van der Waals surface area (Å²) in [7, 11) is 0. The molecule has 1 unspecified atom stereocenters. The van der Waals surface area contributed by atoms with Gasteiger partial charge in [-0.05, 0) is 51.3 Å². The van der Waals surface area contributed by atoms with Crippen LogP contribution in [-0.4, -0.2) is 37.1 Å². The second-order valence-electron chi connectivity index (χ2n) is 6.28. The number of piperidine rings is 1. The van der Waals surface area contributed by atoms with Gasteiger partial charge in [-0.3, -0.25) is 4.90 Å². The molecule has 2 nitrogen and oxygen atoms in total. The lowest BCUT2D eigenvalue weighted by atomic mass is 10.0. The molecule has 0 spiro atoms. The van der Waals surface area contributed by atoms with Crippen molar-refractivity contribution >= 4 is 5.69 Å². The SMILES string of the molecule is Cc1ccc(N2CCCN3CCCCC3C2)c(C)c1. The Hall–Kier alpha value is -1.02. The Balaban J connectivity index is 1.80. The summed E-state index contributed by atoms with van der Waals surface area (Å²) >= 11 is 0. The van der Waals surface area contributed by atoms with Gasteiger partial charge in [-0.25, -0.2) is 0 Å². The maximum atomic E-state index is 2.73. The van der Waals surface area contributed by atoms with Gasteiger partial charge in [0.2, 0.25) is 0 Å². The molecule has 0 N–H and O–H groups in total. The van der Waals surface area contributed by atoms with Gasteiger partial charge in [0.15, 0.2) is 0 Å². The first-order valence-electron chi connectivity index (χ1n) is 7.80. The number of hydrogen-bond donors (Lipinski definition) is 0. The van der Waals surface area contributed by atoms with Gasteiger partial charge in [0.05, 0.1) is 0 Å². The quantitative estimate of drug-likeness (QED) is 0.762. The molecule has 1 aromatic carbocycles. The fourth-order valence-corrected chi connectivity index (χ4v) is 3.75. The van der Waals surface area contributed by atoms with Crippen molar-refractivity contribution in [3.63, 3.8) is 0 Å². The highest BCUT2D eigenvalue weighted by Gasteiger charge is 2.27. The number of rotatable bonds is 1. The third kappa shape index (κ3) is 2.79. The maximum Gasteiger partial charge on any atom is 0.0396 e. The summed E-state index contributed by atoms with van der Waals surface area (Å²) in [5, 5.41) is 0. The first-order valence-corrected chi connectivity index (χ1v) is 7.80. The average molecular weight is 258 g/mol. The Morgan fingerprint density at radius 3 is 2.68 bits per heavy atom. The molecule has 1 aromatic rings. The fraction of sp³-hybridized carbons (Fsp3) is 0.647. The summed E-state index contributed by atoms with van der Waals surface area (Å²) in [6.45, 7) is 9.51. The molecule has 19 heavy (non-hydrogen) atoms. The Morgan fingerprint density at radius 1 is 1.00 bits per heavy atom. The van der Waals surface area contributed by atoms with Crippen LogP contribution in [0.4, 0.5) is 5.69 Å². The van der Waals surface area contributed by atoms with Crippen molar-refractivity contribution < 1.29 is 0 Å². The first kappa shape index (κ1) is 13.0. The highest BCUT2D eigenvalue weighted by molar-refractivity contribution is 5.54. The predicted molar refractivity (Wildman–Crippen MR) is 82.0 cm³/mol. The summed E-state index contributed by atoms with van der Waals surface area (Å²) < 4.78 is 0. The first-order chi connectivity index (χ1) is 9.24. The van der Waals surface area contributed by atoms with E-state index < -0.39 is 0 Å². The highest BCUT2D eigenvalue weighted by Crippen LogP contribution is 2.27. The van der Waals surface area contributed by atoms with Crippen molar-refractivity contribution in [1.82, 2.24) is 4.90 Å². The Bertz CT molecular complexity index is 441. The van der Waals surface area contributed by atoms with Gasteiger partial charge in [0, 0.05) is 31.4 Å². The minimum Gasteiger partial charge on any atom is -0.370 e. The van der Waals surface area contributed by atoms with Crippen LogP contribution >= 0.6 is 0 Å².